The highest BCUT2D eigenvalue weighted by Crippen LogP contribution is 2.14. The van der Waals surface area contributed by atoms with Gasteiger partial charge in [-0.15, -0.1) is 0 Å². The smallest absolute Gasteiger partial charge is 0.0167 e. The Balaban J connectivity index is 1.96. The minimum atomic E-state index is 0.633. The largest absolute Gasteiger partial charge is 0.312 e. The lowest BCUT2D eigenvalue weighted by molar-refractivity contribution is 0.144. The normalized spacial score (nSPS) is 23.5. The Labute approximate surface area is 105 Å². The third-order valence-corrected chi connectivity index (χ3v) is 3.70. The monoisotopic (exact) mass is 232 g/mol. The molecule has 1 N–H and O–H groups in total. The maximum absolute atomic E-state index is 3.51. The van der Waals surface area contributed by atoms with Crippen LogP contribution in [0.5, 0.6) is 0 Å². The van der Waals surface area contributed by atoms with E-state index in [4.69, 9.17) is 0 Å². The first kappa shape index (κ1) is 12.6. The number of piperazine rings is 1. The molecule has 0 aromatic heterocycles. The van der Waals surface area contributed by atoms with Crippen molar-refractivity contribution in [1.29, 1.82) is 0 Å². The molecule has 1 fully saturated rings. The molecule has 0 radical (unpaired) electrons. The predicted molar refractivity (Wildman–Crippen MR) is 73.3 cm³/mol. The van der Waals surface area contributed by atoms with Gasteiger partial charge < -0.3 is 5.32 Å². The Morgan fingerprint density at radius 1 is 1.35 bits per heavy atom. The zero-order valence-corrected chi connectivity index (χ0v) is 11.0. The average Bonchev–Trinajstić information content (AvgIpc) is 2.37. The number of hydrogen-bond acceptors (Lipinski definition) is 2. The van der Waals surface area contributed by atoms with E-state index in [-0.39, 0.29) is 0 Å². The second-order valence-electron chi connectivity index (χ2n) is 5.10. The number of nitrogens with zero attached hydrogens (tertiary/aromatic N) is 1. The van der Waals surface area contributed by atoms with E-state index in [9.17, 15) is 0 Å². The van der Waals surface area contributed by atoms with Gasteiger partial charge in [0.25, 0.3) is 0 Å². The lowest BCUT2D eigenvalue weighted by atomic mass is 10.0. The fourth-order valence-corrected chi connectivity index (χ4v) is 2.71. The summed E-state index contributed by atoms with van der Waals surface area (Å²) in [7, 11) is 0. The standard InChI is InChI=1S/C15H24N2/c1-3-15(11-14-7-5-4-6-8-14)17-10-9-16-13(2)12-17/h4-8,13,15-16H,3,9-12H2,1-2H3. The minimum Gasteiger partial charge on any atom is -0.312 e. The lowest BCUT2D eigenvalue weighted by Crippen LogP contribution is -2.53. The van der Waals surface area contributed by atoms with Gasteiger partial charge in [0.15, 0.2) is 0 Å². The fourth-order valence-electron chi connectivity index (χ4n) is 2.71. The van der Waals surface area contributed by atoms with Crippen molar-refractivity contribution < 1.29 is 0 Å². The van der Waals surface area contributed by atoms with E-state index in [0.29, 0.717) is 12.1 Å². The molecule has 2 heteroatoms. The molecule has 2 atom stereocenters. The van der Waals surface area contributed by atoms with Crippen molar-refractivity contribution in [2.75, 3.05) is 19.6 Å². The molecular weight excluding hydrogens is 208 g/mol. The van der Waals surface area contributed by atoms with Crippen LogP contribution < -0.4 is 5.32 Å². The second kappa shape index (κ2) is 6.18. The first-order chi connectivity index (χ1) is 8.29. The van der Waals surface area contributed by atoms with Gasteiger partial charge in [-0.05, 0) is 25.3 Å². The Hall–Kier alpha value is -0.860. The van der Waals surface area contributed by atoms with E-state index in [1.807, 2.05) is 0 Å². The van der Waals surface area contributed by atoms with Crippen molar-refractivity contribution in [2.45, 2.75) is 38.8 Å². The highest BCUT2D eigenvalue weighted by atomic mass is 15.2. The lowest BCUT2D eigenvalue weighted by Gasteiger charge is -2.37. The Bertz CT molecular complexity index is 323. The van der Waals surface area contributed by atoms with Crippen molar-refractivity contribution in [3.05, 3.63) is 35.9 Å². The van der Waals surface area contributed by atoms with Crippen molar-refractivity contribution in [3.8, 4) is 0 Å². The summed E-state index contributed by atoms with van der Waals surface area (Å²) in [5, 5.41) is 3.51. The molecule has 0 aliphatic carbocycles. The van der Waals surface area contributed by atoms with Gasteiger partial charge in [-0.3, -0.25) is 4.90 Å². The van der Waals surface area contributed by atoms with Crippen molar-refractivity contribution in [3.63, 3.8) is 0 Å². The SMILES string of the molecule is CCC(Cc1ccccc1)N1CCNC(C)C1. The van der Waals surface area contributed by atoms with Gasteiger partial charge in [0.05, 0.1) is 0 Å². The maximum Gasteiger partial charge on any atom is 0.0167 e. The molecule has 0 spiro atoms. The summed E-state index contributed by atoms with van der Waals surface area (Å²) in [5.41, 5.74) is 1.46. The van der Waals surface area contributed by atoms with E-state index in [1.165, 1.54) is 31.5 Å². The fraction of sp³-hybridized carbons (Fsp3) is 0.600. The van der Waals surface area contributed by atoms with E-state index in [2.05, 4.69) is 54.4 Å². The topological polar surface area (TPSA) is 15.3 Å². The summed E-state index contributed by atoms with van der Waals surface area (Å²) in [6.45, 7) is 8.09. The van der Waals surface area contributed by atoms with Gasteiger partial charge in [-0.2, -0.15) is 0 Å². The van der Waals surface area contributed by atoms with E-state index in [0.717, 1.165) is 6.54 Å². The molecule has 2 rings (SSSR count). The number of benzene rings is 1. The Morgan fingerprint density at radius 2 is 2.12 bits per heavy atom. The summed E-state index contributed by atoms with van der Waals surface area (Å²) in [6.07, 6.45) is 2.42. The molecule has 2 unspecified atom stereocenters. The van der Waals surface area contributed by atoms with Crippen LogP contribution in [0.2, 0.25) is 0 Å². The van der Waals surface area contributed by atoms with Gasteiger partial charge in [0.1, 0.15) is 0 Å². The molecule has 1 aromatic rings. The molecule has 1 aromatic carbocycles. The van der Waals surface area contributed by atoms with Gasteiger partial charge in [0, 0.05) is 31.7 Å². The quantitative estimate of drug-likeness (QED) is 0.857. The van der Waals surface area contributed by atoms with Crippen molar-refractivity contribution in [1.82, 2.24) is 10.2 Å². The Kier molecular flexibility index (Phi) is 4.57. The summed E-state index contributed by atoms with van der Waals surface area (Å²) < 4.78 is 0. The van der Waals surface area contributed by atoms with Crippen molar-refractivity contribution in [2.24, 2.45) is 0 Å². The van der Waals surface area contributed by atoms with Crippen LogP contribution in [0.15, 0.2) is 30.3 Å². The molecule has 17 heavy (non-hydrogen) atoms. The van der Waals surface area contributed by atoms with Crippen LogP contribution in [0, 0.1) is 0 Å². The Morgan fingerprint density at radius 3 is 2.76 bits per heavy atom. The molecule has 1 saturated heterocycles. The molecule has 0 bridgehead atoms. The van der Waals surface area contributed by atoms with Gasteiger partial charge in [-0.25, -0.2) is 0 Å². The molecule has 1 aliphatic heterocycles. The van der Waals surface area contributed by atoms with Crippen LogP contribution in [-0.2, 0) is 6.42 Å². The minimum absolute atomic E-state index is 0.633. The molecule has 0 amide bonds. The van der Waals surface area contributed by atoms with Gasteiger partial charge >= 0.3 is 0 Å². The molecule has 1 heterocycles. The zero-order chi connectivity index (χ0) is 12.1. The third kappa shape index (κ3) is 3.55. The van der Waals surface area contributed by atoms with E-state index < -0.39 is 0 Å². The predicted octanol–water partition coefficient (Wildman–Crippen LogP) is 2.30. The van der Waals surface area contributed by atoms with Crippen LogP contribution >= 0.6 is 0 Å². The molecule has 94 valence electrons. The first-order valence-corrected chi connectivity index (χ1v) is 6.81. The summed E-state index contributed by atoms with van der Waals surface area (Å²) in [6, 6.07) is 12.2. The number of hydrogen-bond donors (Lipinski definition) is 1. The highest BCUT2D eigenvalue weighted by Gasteiger charge is 2.22. The summed E-state index contributed by atoms with van der Waals surface area (Å²) in [5.74, 6) is 0. The van der Waals surface area contributed by atoms with Crippen LogP contribution in [0.1, 0.15) is 25.8 Å². The van der Waals surface area contributed by atoms with E-state index >= 15 is 0 Å². The summed E-state index contributed by atoms with van der Waals surface area (Å²) in [4.78, 5) is 2.65. The molecule has 2 nitrogen and oxygen atoms in total. The van der Waals surface area contributed by atoms with Gasteiger partial charge in [-0.1, -0.05) is 37.3 Å². The van der Waals surface area contributed by atoms with Crippen molar-refractivity contribution >= 4 is 0 Å². The molecular formula is C15H24N2. The molecule has 0 saturated carbocycles. The maximum atomic E-state index is 3.51. The second-order valence-corrected chi connectivity index (χ2v) is 5.10. The zero-order valence-electron chi connectivity index (χ0n) is 11.0. The van der Waals surface area contributed by atoms with E-state index in [1.54, 1.807) is 0 Å². The van der Waals surface area contributed by atoms with Crippen LogP contribution in [0.4, 0.5) is 0 Å². The summed E-state index contributed by atoms with van der Waals surface area (Å²) >= 11 is 0. The van der Waals surface area contributed by atoms with Crippen LogP contribution in [-0.4, -0.2) is 36.6 Å². The first-order valence-electron chi connectivity index (χ1n) is 6.81. The third-order valence-electron chi connectivity index (χ3n) is 3.70. The van der Waals surface area contributed by atoms with Crippen LogP contribution in [0.25, 0.3) is 0 Å². The molecule has 1 aliphatic rings. The highest BCUT2D eigenvalue weighted by molar-refractivity contribution is 5.16. The number of rotatable bonds is 4. The van der Waals surface area contributed by atoms with Crippen LogP contribution in [0.3, 0.4) is 0 Å². The van der Waals surface area contributed by atoms with Gasteiger partial charge in [0.2, 0.25) is 0 Å². The number of nitrogens with one attached hydrogen (secondary N) is 1. The average molecular weight is 232 g/mol.